The summed E-state index contributed by atoms with van der Waals surface area (Å²) in [4.78, 5) is 26.4. The van der Waals surface area contributed by atoms with Crippen molar-refractivity contribution in [2.24, 2.45) is 13.0 Å². The van der Waals surface area contributed by atoms with E-state index in [0.717, 1.165) is 30.8 Å². The van der Waals surface area contributed by atoms with Crippen molar-refractivity contribution in [2.45, 2.75) is 58.5 Å². The zero-order valence-corrected chi connectivity index (χ0v) is 15.6. The number of nitrogens with zero attached hydrogens (tertiary/aromatic N) is 3. The van der Waals surface area contributed by atoms with Crippen LogP contribution < -0.4 is 5.32 Å². The average Bonchev–Trinajstić information content (AvgIpc) is 3.08. The molecule has 1 aliphatic heterocycles. The molecule has 7 nitrogen and oxygen atoms in total. The van der Waals surface area contributed by atoms with E-state index in [1.54, 1.807) is 9.58 Å². The third-order valence-electron chi connectivity index (χ3n) is 4.83. The summed E-state index contributed by atoms with van der Waals surface area (Å²) in [7, 11) is 1.87. The number of piperidine rings is 1. The Bertz CT molecular complexity index is 667. The van der Waals surface area contributed by atoms with Gasteiger partial charge in [0.05, 0.1) is 5.69 Å². The molecule has 1 fully saturated rings. The molecule has 1 N–H and O–H groups in total. The maximum Gasteiger partial charge on any atom is 0.410 e. The fourth-order valence-corrected chi connectivity index (χ4v) is 3.55. The minimum absolute atomic E-state index is 0.0292. The molecule has 2 amide bonds. The Morgan fingerprint density at radius 2 is 1.88 bits per heavy atom. The summed E-state index contributed by atoms with van der Waals surface area (Å²) in [6, 6.07) is 0. The summed E-state index contributed by atoms with van der Waals surface area (Å²) in [5, 5.41) is 7.56. The largest absolute Gasteiger partial charge is 0.444 e. The van der Waals surface area contributed by atoms with E-state index in [0.29, 0.717) is 25.9 Å². The second-order valence-electron chi connectivity index (χ2n) is 7.98. The molecule has 0 radical (unpaired) electrons. The number of hydrogen-bond donors (Lipinski definition) is 1. The van der Waals surface area contributed by atoms with E-state index in [2.05, 4.69) is 10.4 Å². The predicted octanol–water partition coefficient (Wildman–Crippen LogP) is 2.49. The van der Waals surface area contributed by atoms with Crippen molar-refractivity contribution >= 4 is 17.8 Å². The van der Waals surface area contributed by atoms with Crippen molar-refractivity contribution in [2.75, 3.05) is 18.4 Å². The highest BCUT2D eigenvalue weighted by Crippen LogP contribution is 2.29. The van der Waals surface area contributed by atoms with Gasteiger partial charge in [-0.05, 0) is 52.9 Å². The third-order valence-corrected chi connectivity index (χ3v) is 4.83. The molecular formula is C18H28N4O3. The van der Waals surface area contributed by atoms with Crippen LogP contribution in [0.25, 0.3) is 0 Å². The van der Waals surface area contributed by atoms with Crippen LogP contribution in [0.15, 0.2) is 0 Å². The minimum atomic E-state index is -0.495. The number of ether oxygens (including phenoxy) is 1. The van der Waals surface area contributed by atoms with Crippen molar-refractivity contribution in [1.82, 2.24) is 14.7 Å². The van der Waals surface area contributed by atoms with Crippen LogP contribution >= 0.6 is 0 Å². The van der Waals surface area contributed by atoms with Crippen LogP contribution in [-0.2, 0) is 29.4 Å². The molecule has 1 saturated heterocycles. The van der Waals surface area contributed by atoms with Crippen LogP contribution in [0.4, 0.5) is 10.6 Å². The van der Waals surface area contributed by atoms with Gasteiger partial charge in [0.2, 0.25) is 5.91 Å². The lowest BCUT2D eigenvalue weighted by Gasteiger charge is -2.32. The number of anilines is 1. The zero-order valence-electron chi connectivity index (χ0n) is 15.6. The molecule has 1 aliphatic carbocycles. The summed E-state index contributed by atoms with van der Waals surface area (Å²) in [6.45, 7) is 6.68. The van der Waals surface area contributed by atoms with Gasteiger partial charge in [-0.3, -0.25) is 9.48 Å². The summed E-state index contributed by atoms with van der Waals surface area (Å²) >= 11 is 0. The van der Waals surface area contributed by atoms with Gasteiger partial charge < -0.3 is 15.0 Å². The normalized spacial score (nSPS) is 18.2. The molecular weight excluding hydrogens is 320 g/mol. The molecule has 1 aromatic rings. The smallest absolute Gasteiger partial charge is 0.410 e. The van der Waals surface area contributed by atoms with Gasteiger partial charge in [-0.2, -0.15) is 5.10 Å². The van der Waals surface area contributed by atoms with E-state index in [-0.39, 0.29) is 17.9 Å². The number of carbonyl (C=O) groups is 2. The van der Waals surface area contributed by atoms with Crippen molar-refractivity contribution < 1.29 is 14.3 Å². The molecule has 1 aromatic heterocycles. The standard InChI is InChI=1S/C18H28N4O3/c1-18(2,3)25-17(24)22-10-8-12(9-11-22)16(23)19-15-13-6-5-7-14(13)20-21(15)4/h12H,5-11H2,1-4H3,(H,19,23). The van der Waals surface area contributed by atoms with Crippen molar-refractivity contribution in [3.05, 3.63) is 11.3 Å². The maximum absolute atomic E-state index is 12.6. The fourth-order valence-electron chi connectivity index (χ4n) is 3.55. The van der Waals surface area contributed by atoms with Crippen LogP contribution in [0.3, 0.4) is 0 Å². The first-order chi connectivity index (χ1) is 11.7. The lowest BCUT2D eigenvalue weighted by Crippen LogP contribution is -2.43. The summed E-state index contributed by atoms with van der Waals surface area (Å²) in [6.07, 6.45) is 4.10. The molecule has 2 heterocycles. The SMILES string of the molecule is Cn1nc2c(c1NC(=O)C1CCN(C(=O)OC(C)(C)C)CC1)CCC2. The highest BCUT2D eigenvalue weighted by atomic mass is 16.6. The van der Waals surface area contributed by atoms with Gasteiger partial charge >= 0.3 is 6.09 Å². The summed E-state index contributed by atoms with van der Waals surface area (Å²) < 4.78 is 7.17. The monoisotopic (exact) mass is 348 g/mol. The molecule has 3 rings (SSSR count). The van der Waals surface area contributed by atoms with Gasteiger partial charge in [-0.25, -0.2) is 4.79 Å². The minimum Gasteiger partial charge on any atom is -0.444 e. The Labute approximate surface area is 148 Å². The van der Waals surface area contributed by atoms with E-state index in [9.17, 15) is 9.59 Å². The Morgan fingerprint density at radius 3 is 2.52 bits per heavy atom. The second kappa shape index (κ2) is 6.69. The molecule has 7 heteroatoms. The van der Waals surface area contributed by atoms with Crippen LogP contribution in [0, 0.1) is 5.92 Å². The first-order valence-corrected chi connectivity index (χ1v) is 9.08. The van der Waals surface area contributed by atoms with Gasteiger partial charge in [-0.15, -0.1) is 0 Å². The lowest BCUT2D eigenvalue weighted by atomic mass is 9.96. The van der Waals surface area contributed by atoms with Crippen LogP contribution in [0.5, 0.6) is 0 Å². The molecule has 0 atom stereocenters. The van der Waals surface area contributed by atoms with Crippen molar-refractivity contribution in [1.29, 1.82) is 0 Å². The number of aryl methyl sites for hydroxylation is 2. The summed E-state index contributed by atoms with van der Waals surface area (Å²) in [5.41, 5.74) is 1.80. The van der Waals surface area contributed by atoms with E-state index in [1.807, 2.05) is 27.8 Å². The Kier molecular flexibility index (Phi) is 4.75. The number of amides is 2. The molecule has 2 aliphatic rings. The van der Waals surface area contributed by atoms with Crippen molar-refractivity contribution in [3.63, 3.8) is 0 Å². The number of rotatable bonds is 2. The van der Waals surface area contributed by atoms with Crippen LogP contribution in [-0.4, -0.2) is 45.4 Å². The first kappa shape index (κ1) is 17.8. The topological polar surface area (TPSA) is 76.5 Å². The molecule has 25 heavy (non-hydrogen) atoms. The number of aromatic nitrogens is 2. The molecule has 0 saturated carbocycles. The molecule has 0 aromatic carbocycles. The first-order valence-electron chi connectivity index (χ1n) is 9.08. The Balaban J connectivity index is 1.55. The Hall–Kier alpha value is -2.05. The van der Waals surface area contributed by atoms with E-state index in [4.69, 9.17) is 4.74 Å². The van der Waals surface area contributed by atoms with Gasteiger partial charge in [-0.1, -0.05) is 0 Å². The quantitative estimate of drug-likeness (QED) is 0.891. The van der Waals surface area contributed by atoms with Crippen molar-refractivity contribution in [3.8, 4) is 0 Å². The van der Waals surface area contributed by atoms with Gasteiger partial charge in [0, 0.05) is 31.6 Å². The number of fused-ring (bicyclic) bond motifs is 1. The fraction of sp³-hybridized carbons (Fsp3) is 0.722. The number of nitrogens with one attached hydrogen (secondary N) is 1. The third kappa shape index (κ3) is 3.96. The van der Waals surface area contributed by atoms with E-state index in [1.165, 1.54) is 5.56 Å². The maximum atomic E-state index is 12.6. The molecule has 0 spiro atoms. The number of carbonyl (C=O) groups excluding carboxylic acids is 2. The van der Waals surface area contributed by atoms with E-state index < -0.39 is 5.60 Å². The molecule has 0 unspecified atom stereocenters. The van der Waals surface area contributed by atoms with Gasteiger partial charge in [0.15, 0.2) is 0 Å². The zero-order chi connectivity index (χ0) is 18.2. The summed E-state index contributed by atoms with van der Waals surface area (Å²) in [5.74, 6) is 0.791. The Morgan fingerprint density at radius 1 is 1.20 bits per heavy atom. The van der Waals surface area contributed by atoms with Gasteiger partial charge in [0.1, 0.15) is 11.4 Å². The van der Waals surface area contributed by atoms with Crippen LogP contribution in [0.1, 0.15) is 51.3 Å². The molecule has 138 valence electrons. The highest BCUT2D eigenvalue weighted by Gasteiger charge is 2.31. The predicted molar refractivity (Wildman–Crippen MR) is 94.4 cm³/mol. The lowest BCUT2D eigenvalue weighted by molar-refractivity contribution is -0.121. The molecule has 0 bridgehead atoms. The van der Waals surface area contributed by atoms with Crippen LogP contribution in [0.2, 0.25) is 0 Å². The number of hydrogen-bond acceptors (Lipinski definition) is 4. The second-order valence-corrected chi connectivity index (χ2v) is 7.98. The highest BCUT2D eigenvalue weighted by molar-refractivity contribution is 5.92. The van der Waals surface area contributed by atoms with Gasteiger partial charge in [0.25, 0.3) is 0 Å². The van der Waals surface area contributed by atoms with E-state index >= 15 is 0 Å². The average molecular weight is 348 g/mol. The number of likely N-dealkylation sites (tertiary alicyclic amines) is 1.